The number of rotatable bonds is 5. The van der Waals surface area contributed by atoms with E-state index in [9.17, 15) is 8.42 Å². The van der Waals surface area contributed by atoms with E-state index in [0.717, 1.165) is 16.7 Å². The number of aryl methyl sites for hydroxylation is 2. The summed E-state index contributed by atoms with van der Waals surface area (Å²) in [6, 6.07) is 5.83. The lowest BCUT2D eigenvalue weighted by atomic mass is 10.1. The normalized spacial score (nSPS) is 11.8. The van der Waals surface area contributed by atoms with E-state index in [2.05, 4.69) is 10.2 Å². The smallest absolute Gasteiger partial charge is 0.296 e. The molecule has 0 N–H and O–H groups in total. The van der Waals surface area contributed by atoms with Crippen molar-refractivity contribution in [2.45, 2.75) is 25.5 Å². The molecule has 2 aromatic rings. The fourth-order valence-corrected chi connectivity index (χ4v) is 3.04. The van der Waals surface area contributed by atoms with Crippen LogP contribution in [0.15, 0.2) is 23.4 Å². The Morgan fingerprint density at radius 2 is 2.00 bits per heavy atom. The molecule has 0 aliphatic rings. The van der Waals surface area contributed by atoms with Gasteiger partial charge in [-0.15, -0.1) is 10.2 Å². The molecule has 1 heterocycles. The van der Waals surface area contributed by atoms with Crippen molar-refractivity contribution in [3.05, 3.63) is 29.3 Å². The summed E-state index contributed by atoms with van der Waals surface area (Å²) in [5, 5.41) is 7.44. The van der Waals surface area contributed by atoms with Crippen LogP contribution in [0.1, 0.15) is 11.1 Å². The van der Waals surface area contributed by atoms with Crippen molar-refractivity contribution in [2.24, 2.45) is 0 Å². The van der Waals surface area contributed by atoms with Crippen molar-refractivity contribution in [3.8, 4) is 11.4 Å². The van der Waals surface area contributed by atoms with E-state index in [4.69, 9.17) is 15.4 Å². The fraction of sp³-hybridized carbons (Fsp3) is 0.385. The van der Waals surface area contributed by atoms with Crippen LogP contribution in [0, 0.1) is 13.8 Å². The van der Waals surface area contributed by atoms with E-state index in [1.807, 2.05) is 32.0 Å². The molecule has 114 valence electrons. The maximum absolute atomic E-state index is 11.6. The lowest BCUT2D eigenvalue weighted by molar-refractivity contribution is 0.185. The topological polar surface area (TPSA) is 74.1 Å². The van der Waals surface area contributed by atoms with Crippen molar-refractivity contribution < 1.29 is 13.2 Å². The summed E-state index contributed by atoms with van der Waals surface area (Å²) in [7, 11) is 2.99. The van der Waals surface area contributed by atoms with Gasteiger partial charge in [0.1, 0.15) is 0 Å². The van der Waals surface area contributed by atoms with Crippen LogP contribution in [-0.2, 0) is 20.3 Å². The van der Waals surface area contributed by atoms with Crippen molar-refractivity contribution in [3.63, 3.8) is 0 Å². The van der Waals surface area contributed by atoms with Gasteiger partial charge < -0.3 is 4.74 Å². The Hall–Kier alpha value is -1.44. The molecule has 0 saturated carbocycles. The Bertz CT molecular complexity index is 756. The average molecular weight is 330 g/mol. The number of halogens is 1. The minimum Gasteiger partial charge on any atom is -0.383 e. The summed E-state index contributed by atoms with van der Waals surface area (Å²) < 4.78 is 29.7. The molecule has 0 aliphatic heterocycles. The Labute approximate surface area is 128 Å². The molecule has 0 bridgehead atoms. The number of benzene rings is 1. The number of nitrogens with zero attached hydrogens (tertiary/aromatic N) is 3. The molecule has 0 aliphatic carbocycles. The molecular weight excluding hydrogens is 314 g/mol. The van der Waals surface area contributed by atoms with E-state index in [-0.39, 0.29) is 5.16 Å². The third-order valence-electron chi connectivity index (χ3n) is 3.08. The van der Waals surface area contributed by atoms with Gasteiger partial charge in [-0.05, 0) is 19.4 Å². The van der Waals surface area contributed by atoms with E-state index >= 15 is 0 Å². The summed E-state index contributed by atoms with van der Waals surface area (Å²) in [6.07, 6.45) is 0. The Kier molecular flexibility index (Phi) is 4.65. The third kappa shape index (κ3) is 3.42. The van der Waals surface area contributed by atoms with Crippen LogP contribution in [0.3, 0.4) is 0 Å². The summed E-state index contributed by atoms with van der Waals surface area (Å²) >= 11 is 0. The molecule has 1 aromatic heterocycles. The first-order valence-corrected chi connectivity index (χ1v) is 8.60. The highest BCUT2D eigenvalue weighted by Gasteiger charge is 2.23. The molecule has 0 amide bonds. The zero-order valence-corrected chi connectivity index (χ0v) is 13.6. The molecule has 1 aromatic carbocycles. The number of hydrogen-bond acceptors (Lipinski definition) is 5. The molecular formula is C13H16ClN3O3S. The summed E-state index contributed by atoms with van der Waals surface area (Å²) in [6.45, 7) is 4.55. The second kappa shape index (κ2) is 6.13. The van der Waals surface area contributed by atoms with E-state index < -0.39 is 9.05 Å². The van der Waals surface area contributed by atoms with Gasteiger partial charge in [0.15, 0.2) is 5.82 Å². The highest BCUT2D eigenvalue weighted by atomic mass is 35.7. The van der Waals surface area contributed by atoms with Crippen LogP contribution in [0.25, 0.3) is 11.4 Å². The largest absolute Gasteiger partial charge is 0.383 e. The molecule has 0 saturated heterocycles. The molecule has 21 heavy (non-hydrogen) atoms. The molecule has 0 fully saturated rings. The van der Waals surface area contributed by atoms with Crippen LogP contribution in [0.4, 0.5) is 0 Å². The monoisotopic (exact) mass is 329 g/mol. The van der Waals surface area contributed by atoms with Crippen LogP contribution in [-0.4, -0.2) is 36.9 Å². The molecule has 0 radical (unpaired) electrons. The highest BCUT2D eigenvalue weighted by molar-refractivity contribution is 8.13. The summed E-state index contributed by atoms with van der Waals surface area (Å²) in [5.41, 5.74) is 2.92. The maximum atomic E-state index is 11.6. The SMILES string of the molecule is COCCn1c(-c2ccc(C)cc2C)nnc1S(=O)(=O)Cl. The lowest BCUT2D eigenvalue weighted by Gasteiger charge is -2.10. The first kappa shape index (κ1) is 15.9. The zero-order valence-electron chi connectivity index (χ0n) is 12.0. The van der Waals surface area contributed by atoms with Crippen molar-refractivity contribution in [2.75, 3.05) is 13.7 Å². The Morgan fingerprint density at radius 3 is 2.57 bits per heavy atom. The van der Waals surface area contributed by atoms with Gasteiger partial charge in [0.05, 0.1) is 13.2 Å². The van der Waals surface area contributed by atoms with E-state index in [0.29, 0.717) is 19.0 Å². The predicted octanol–water partition coefficient (Wildman–Crippen LogP) is 2.14. The second-order valence-corrected chi connectivity index (χ2v) is 7.17. The minimum atomic E-state index is -3.97. The van der Waals surface area contributed by atoms with Crippen LogP contribution in [0.5, 0.6) is 0 Å². The highest BCUT2D eigenvalue weighted by Crippen LogP contribution is 2.25. The average Bonchev–Trinajstić information content (AvgIpc) is 2.79. The molecule has 0 spiro atoms. The van der Waals surface area contributed by atoms with Crippen LogP contribution >= 0.6 is 10.7 Å². The van der Waals surface area contributed by atoms with Gasteiger partial charge in [-0.25, -0.2) is 8.42 Å². The number of ether oxygens (including phenoxy) is 1. The number of aromatic nitrogens is 3. The fourth-order valence-electron chi connectivity index (χ4n) is 2.12. The minimum absolute atomic E-state index is 0.267. The second-order valence-electron chi connectivity index (χ2n) is 4.71. The van der Waals surface area contributed by atoms with Gasteiger partial charge in [-0.2, -0.15) is 0 Å². The summed E-state index contributed by atoms with van der Waals surface area (Å²) in [4.78, 5) is 0. The molecule has 8 heteroatoms. The van der Waals surface area contributed by atoms with Gasteiger partial charge in [-0.1, -0.05) is 23.8 Å². The predicted molar refractivity (Wildman–Crippen MR) is 79.8 cm³/mol. The first-order valence-electron chi connectivity index (χ1n) is 6.29. The van der Waals surface area contributed by atoms with Gasteiger partial charge in [-0.3, -0.25) is 4.57 Å². The lowest BCUT2D eigenvalue weighted by Crippen LogP contribution is -2.11. The van der Waals surface area contributed by atoms with Crippen molar-refractivity contribution in [1.29, 1.82) is 0 Å². The molecule has 0 atom stereocenters. The van der Waals surface area contributed by atoms with Gasteiger partial charge >= 0.3 is 0 Å². The first-order chi connectivity index (χ1) is 9.84. The maximum Gasteiger partial charge on any atom is 0.296 e. The van der Waals surface area contributed by atoms with E-state index in [1.165, 1.54) is 11.7 Å². The summed E-state index contributed by atoms with van der Waals surface area (Å²) in [5.74, 6) is 0.462. The quantitative estimate of drug-likeness (QED) is 0.786. The third-order valence-corrected chi connectivity index (χ3v) is 4.23. The van der Waals surface area contributed by atoms with Gasteiger partial charge in [0.2, 0.25) is 0 Å². The molecule has 6 nitrogen and oxygen atoms in total. The Morgan fingerprint density at radius 1 is 1.29 bits per heavy atom. The zero-order chi connectivity index (χ0) is 15.6. The van der Waals surface area contributed by atoms with Gasteiger partial charge in [0.25, 0.3) is 14.2 Å². The standard InChI is InChI=1S/C13H16ClN3O3S/c1-9-4-5-11(10(2)8-9)12-15-16-13(21(14,18)19)17(12)6-7-20-3/h4-5,8H,6-7H2,1-3H3. The molecule has 2 rings (SSSR count). The van der Waals surface area contributed by atoms with Crippen LogP contribution in [0.2, 0.25) is 0 Å². The van der Waals surface area contributed by atoms with Gasteiger partial charge in [0, 0.05) is 23.4 Å². The van der Waals surface area contributed by atoms with E-state index in [1.54, 1.807) is 0 Å². The Balaban J connectivity index is 2.60. The van der Waals surface area contributed by atoms with Crippen LogP contribution < -0.4 is 0 Å². The number of methoxy groups -OCH3 is 1. The van der Waals surface area contributed by atoms with Crippen molar-refractivity contribution >= 4 is 19.7 Å². The van der Waals surface area contributed by atoms with Crippen molar-refractivity contribution in [1.82, 2.24) is 14.8 Å². The number of hydrogen-bond donors (Lipinski definition) is 0. The molecule has 0 unspecified atom stereocenters.